The maximum absolute atomic E-state index is 5.76. The summed E-state index contributed by atoms with van der Waals surface area (Å²) in [7, 11) is 0. The van der Waals surface area contributed by atoms with E-state index in [-0.39, 0.29) is 0 Å². The van der Waals surface area contributed by atoms with Crippen LogP contribution in [0.5, 0.6) is 0 Å². The van der Waals surface area contributed by atoms with E-state index in [1.807, 2.05) is 24.3 Å². The zero-order chi connectivity index (χ0) is 9.68. The third-order valence-electron chi connectivity index (χ3n) is 1.63. The Morgan fingerprint density at radius 1 is 1.23 bits per heavy atom. The van der Waals surface area contributed by atoms with Crippen molar-refractivity contribution in [2.24, 2.45) is 5.92 Å². The van der Waals surface area contributed by atoms with Gasteiger partial charge in [0, 0.05) is 11.6 Å². The molecule has 0 aliphatic rings. The Morgan fingerprint density at radius 2 is 1.85 bits per heavy atom. The fourth-order valence-electron chi connectivity index (χ4n) is 0.993. The van der Waals surface area contributed by atoms with Crippen LogP contribution in [0.25, 0.3) is 0 Å². The van der Waals surface area contributed by atoms with Gasteiger partial charge >= 0.3 is 0 Å². The molecule has 1 rings (SSSR count). The summed E-state index contributed by atoms with van der Waals surface area (Å²) >= 11 is 5.76. The van der Waals surface area contributed by atoms with E-state index in [9.17, 15) is 0 Å². The topological polar surface area (TPSA) is 9.23 Å². The standard InChI is InChI=1S/C11H15ClO/c1-9(2)7-13-8-10-3-5-11(12)6-4-10/h3-6,9H,7-8H2,1-2H3. The Balaban J connectivity index is 2.33. The van der Waals surface area contributed by atoms with Crippen LogP contribution in [-0.2, 0) is 11.3 Å². The van der Waals surface area contributed by atoms with Gasteiger partial charge in [0.1, 0.15) is 0 Å². The Kier molecular flexibility index (Phi) is 4.26. The summed E-state index contributed by atoms with van der Waals surface area (Å²) in [5, 5.41) is 0.771. The smallest absolute Gasteiger partial charge is 0.0717 e. The van der Waals surface area contributed by atoms with Gasteiger partial charge in [0.2, 0.25) is 0 Å². The number of rotatable bonds is 4. The van der Waals surface area contributed by atoms with Gasteiger partial charge in [-0.15, -0.1) is 0 Å². The lowest BCUT2D eigenvalue weighted by Crippen LogP contribution is -2.01. The molecule has 0 aliphatic carbocycles. The zero-order valence-electron chi connectivity index (χ0n) is 8.09. The van der Waals surface area contributed by atoms with E-state index in [4.69, 9.17) is 16.3 Å². The Morgan fingerprint density at radius 3 is 2.38 bits per heavy atom. The number of hydrogen-bond donors (Lipinski definition) is 0. The fourth-order valence-corrected chi connectivity index (χ4v) is 1.12. The lowest BCUT2D eigenvalue weighted by Gasteiger charge is -2.06. The van der Waals surface area contributed by atoms with Crippen LogP contribution in [-0.4, -0.2) is 6.61 Å². The predicted molar refractivity (Wildman–Crippen MR) is 55.9 cm³/mol. The zero-order valence-corrected chi connectivity index (χ0v) is 8.84. The molecule has 72 valence electrons. The minimum atomic E-state index is 0.590. The van der Waals surface area contributed by atoms with Crippen molar-refractivity contribution in [3.63, 3.8) is 0 Å². The van der Waals surface area contributed by atoms with Crippen molar-refractivity contribution in [3.05, 3.63) is 34.9 Å². The first kappa shape index (κ1) is 10.6. The monoisotopic (exact) mass is 198 g/mol. The average Bonchev–Trinajstić information content (AvgIpc) is 2.08. The van der Waals surface area contributed by atoms with Gasteiger partial charge in [0.05, 0.1) is 6.61 Å². The summed E-state index contributed by atoms with van der Waals surface area (Å²) in [6, 6.07) is 7.75. The fraction of sp³-hybridized carbons (Fsp3) is 0.455. The molecule has 2 heteroatoms. The summed E-state index contributed by atoms with van der Waals surface area (Å²) < 4.78 is 5.48. The van der Waals surface area contributed by atoms with E-state index >= 15 is 0 Å². The lowest BCUT2D eigenvalue weighted by atomic mass is 10.2. The van der Waals surface area contributed by atoms with E-state index in [1.54, 1.807) is 0 Å². The molecule has 0 amide bonds. The van der Waals surface area contributed by atoms with E-state index in [2.05, 4.69) is 13.8 Å². The molecule has 0 saturated carbocycles. The second-order valence-electron chi connectivity index (χ2n) is 3.54. The molecular formula is C11H15ClO. The molecule has 1 nitrogen and oxygen atoms in total. The number of hydrogen-bond acceptors (Lipinski definition) is 1. The van der Waals surface area contributed by atoms with E-state index in [0.717, 1.165) is 11.6 Å². The molecule has 0 aromatic heterocycles. The highest BCUT2D eigenvalue weighted by atomic mass is 35.5. The average molecular weight is 199 g/mol. The highest BCUT2D eigenvalue weighted by molar-refractivity contribution is 6.30. The third kappa shape index (κ3) is 4.30. The largest absolute Gasteiger partial charge is 0.377 e. The molecule has 0 bridgehead atoms. The molecule has 0 N–H and O–H groups in total. The van der Waals surface area contributed by atoms with Crippen molar-refractivity contribution in [1.82, 2.24) is 0 Å². The van der Waals surface area contributed by atoms with Crippen LogP contribution in [0, 0.1) is 5.92 Å². The predicted octanol–water partition coefficient (Wildman–Crippen LogP) is 3.51. The first-order chi connectivity index (χ1) is 6.18. The summed E-state index contributed by atoms with van der Waals surface area (Å²) in [5.74, 6) is 0.590. The third-order valence-corrected chi connectivity index (χ3v) is 1.89. The van der Waals surface area contributed by atoms with Gasteiger partial charge in [-0.3, -0.25) is 0 Å². The first-order valence-electron chi connectivity index (χ1n) is 4.50. The number of benzene rings is 1. The van der Waals surface area contributed by atoms with Crippen LogP contribution in [0.15, 0.2) is 24.3 Å². The molecule has 0 atom stereocenters. The second-order valence-corrected chi connectivity index (χ2v) is 3.97. The highest BCUT2D eigenvalue weighted by Gasteiger charge is 1.95. The Labute approximate surface area is 84.7 Å². The van der Waals surface area contributed by atoms with Crippen molar-refractivity contribution in [1.29, 1.82) is 0 Å². The molecule has 0 fully saturated rings. The van der Waals surface area contributed by atoms with Crippen LogP contribution in [0.4, 0.5) is 0 Å². The van der Waals surface area contributed by atoms with Crippen LogP contribution in [0.3, 0.4) is 0 Å². The van der Waals surface area contributed by atoms with Gasteiger partial charge in [-0.25, -0.2) is 0 Å². The molecule has 0 radical (unpaired) electrons. The van der Waals surface area contributed by atoms with Gasteiger partial charge in [-0.05, 0) is 23.6 Å². The molecule has 0 unspecified atom stereocenters. The summed E-state index contributed by atoms with van der Waals surface area (Å²) in [4.78, 5) is 0. The Bertz CT molecular complexity index is 241. The second kappa shape index (κ2) is 5.25. The van der Waals surface area contributed by atoms with E-state index in [0.29, 0.717) is 12.5 Å². The number of ether oxygens (including phenoxy) is 1. The molecule has 1 aromatic carbocycles. The quantitative estimate of drug-likeness (QED) is 0.720. The van der Waals surface area contributed by atoms with Crippen molar-refractivity contribution in [3.8, 4) is 0 Å². The van der Waals surface area contributed by atoms with Crippen LogP contribution in [0.1, 0.15) is 19.4 Å². The maximum atomic E-state index is 5.76. The number of halogens is 1. The van der Waals surface area contributed by atoms with Crippen LogP contribution < -0.4 is 0 Å². The van der Waals surface area contributed by atoms with Gasteiger partial charge in [0.15, 0.2) is 0 Å². The minimum Gasteiger partial charge on any atom is -0.377 e. The molecule has 1 aromatic rings. The SMILES string of the molecule is CC(C)COCc1ccc(Cl)cc1. The summed E-state index contributed by atoms with van der Waals surface area (Å²) in [5.41, 5.74) is 1.17. The van der Waals surface area contributed by atoms with Crippen molar-refractivity contribution in [2.75, 3.05) is 6.61 Å². The van der Waals surface area contributed by atoms with Gasteiger partial charge in [0.25, 0.3) is 0 Å². The normalized spacial score (nSPS) is 10.8. The van der Waals surface area contributed by atoms with Crippen molar-refractivity contribution < 1.29 is 4.74 Å². The molecule has 0 aliphatic heterocycles. The molecule has 0 spiro atoms. The van der Waals surface area contributed by atoms with Crippen molar-refractivity contribution >= 4 is 11.6 Å². The van der Waals surface area contributed by atoms with Crippen LogP contribution >= 0.6 is 11.6 Å². The minimum absolute atomic E-state index is 0.590. The Hall–Kier alpha value is -0.530. The highest BCUT2D eigenvalue weighted by Crippen LogP contribution is 2.10. The molecular weight excluding hydrogens is 184 g/mol. The van der Waals surface area contributed by atoms with Gasteiger partial charge in [-0.2, -0.15) is 0 Å². The van der Waals surface area contributed by atoms with E-state index in [1.165, 1.54) is 5.56 Å². The van der Waals surface area contributed by atoms with Gasteiger partial charge < -0.3 is 4.74 Å². The molecule has 0 heterocycles. The van der Waals surface area contributed by atoms with E-state index < -0.39 is 0 Å². The molecule has 0 saturated heterocycles. The maximum Gasteiger partial charge on any atom is 0.0717 e. The first-order valence-corrected chi connectivity index (χ1v) is 4.88. The molecule has 13 heavy (non-hydrogen) atoms. The summed E-state index contributed by atoms with van der Waals surface area (Å²) in [6.45, 7) is 5.77. The summed E-state index contributed by atoms with van der Waals surface area (Å²) in [6.07, 6.45) is 0. The van der Waals surface area contributed by atoms with Gasteiger partial charge in [-0.1, -0.05) is 37.6 Å². The van der Waals surface area contributed by atoms with Crippen LogP contribution in [0.2, 0.25) is 5.02 Å². The lowest BCUT2D eigenvalue weighted by molar-refractivity contribution is 0.0971. The van der Waals surface area contributed by atoms with Crippen molar-refractivity contribution in [2.45, 2.75) is 20.5 Å².